The number of carbonyl (C=O) groups excluding carboxylic acids is 2. The zero-order chi connectivity index (χ0) is 20.3. The van der Waals surface area contributed by atoms with Gasteiger partial charge in [-0.1, -0.05) is 0 Å². The minimum absolute atomic E-state index is 0.00895. The molecule has 2 aliphatic rings. The van der Waals surface area contributed by atoms with Crippen molar-refractivity contribution in [2.24, 2.45) is 0 Å². The van der Waals surface area contributed by atoms with Crippen molar-refractivity contribution >= 4 is 17.5 Å². The summed E-state index contributed by atoms with van der Waals surface area (Å²) in [5.41, 5.74) is 1.50. The van der Waals surface area contributed by atoms with Crippen LogP contribution >= 0.6 is 0 Å². The van der Waals surface area contributed by atoms with E-state index in [1.165, 1.54) is 0 Å². The first-order valence-corrected chi connectivity index (χ1v) is 10.1. The van der Waals surface area contributed by atoms with Gasteiger partial charge in [-0.25, -0.2) is 0 Å². The van der Waals surface area contributed by atoms with Crippen molar-refractivity contribution in [2.45, 2.75) is 39.3 Å². The Hall–Kier alpha value is -2.28. The van der Waals surface area contributed by atoms with Crippen LogP contribution in [0.15, 0.2) is 18.2 Å². The number of anilines is 1. The van der Waals surface area contributed by atoms with E-state index in [1.54, 1.807) is 0 Å². The molecule has 28 heavy (non-hydrogen) atoms. The number of benzene rings is 1. The van der Waals surface area contributed by atoms with Crippen LogP contribution in [0.2, 0.25) is 0 Å². The fraction of sp³-hybridized carbons (Fsp3) is 0.619. The van der Waals surface area contributed by atoms with Gasteiger partial charge in [0, 0.05) is 38.3 Å². The molecule has 3 rings (SSSR count). The van der Waals surface area contributed by atoms with Gasteiger partial charge >= 0.3 is 0 Å². The Balaban J connectivity index is 1.74. The van der Waals surface area contributed by atoms with Crippen LogP contribution in [-0.4, -0.2) is 80.2 Å². The summed E-state index contributed by atoms with van der Waals surface area (Å²) in [5.74, 6) is 0.887. The van der Waals surface area contributed by atoms with E-state index >= 15 is 0 Å². The average Bonchev–Trinajstić information content (AvgIpc) is 2.70. The molecule has 0 radical (unpaired) electrons. The molecule has 1 aromatic rings. The van der Waals surface area contributed by atoms with Gasteiger partial charge in [0.2, 0.25) is 5.91 Å². The van der Waals surface area contributed by atoms with Crippen molar-refractivity contribution in [1.29, 1.82) is 0 Å². The Morgan fingerprint density at radius 2 is 1.96 bits per heavy atom. The van der Waals surface area contributed by atoms with E-state index in [9.17, 15) is 9.59 Å². The molecular formula is C21H31N3O4. The third-order valence-electron chi connectivity index (χ3n) is 5.56. The van der Waals surface area contributed by atoms with Gasteiger partial charge < -0.3 is 24.2 Å². The highest BCUT2D eigenvalue weighted by atomic mass is 16.5. The topological polar surface area (TPSA) is 62.3 Å². The Kier molecular flexibility index (Phi) is 6.44. The summed E-state index contributed by atoms with van der Waals surface area (Å²) in [6.45, 7) is 9.59. The second-order valence-corrected chi connectivity index (χ2v) is 7.64. The SMILES string of the molecule is CCN(C(=O)C[C@@H]1COc2ccc(C(=O)N3CCOCC3)cc2N1C)C(C)C. The Morgan fingerprint density at radius 1 is 1.25 bits per heavy atom. The van der Waals surface area contributed by atoms with Crippen molar-refractivity contribution in [3.8, 4) is 5.75 Å². The van der Waals surface area contributed by atoms with E-state index in [4.69, 9.17) is 9.47 Å². The maximum atomic E-state index is 12.8. The van der Waals surface area contributed by atoms with Crippen LogP contribution < -0.4 is 9.64 Å². The van der Waals surface area contributed by atoms with E-state index in [1.807, 2.05) is 55.8 Å². The van der Waals surface area contributed by atoms with Gasteiger partial charge in [0.25, 0.3) is 5.91 Å². The lowest BCUT2D eigenvalue weighted by Gasteiger charge is -2.37. The Bertz CT molecular complexity index is 716. The second kappa shape index (κ2) is 8.82. The van der Waals surface area contributed by atoms with Gasteiger partial charge in [-0.05, 0) is 39.0 Å². The number of morpholine rings is 1. The third kappa shape index (κ3) is 4.24. The van der Waals surface area contributed by atoms with Crippen molar-refractivity contribution in [3.63, 3.8) is 0 Å². The lowest BCUT2D eigenvalue weighted by atomic mass is 10.1. The highest BCUT2D eigenvalue weighted by Gasteiger charge is 2.30. The standard InChI is InChI=1S/C21H31N3O4/c1-5-24(15(2)3)20(25)13-17-14-28-19-7-6-16(12-18(19)22(17)4)21(26)23-8-10-27-11-9-23/h6-7,12,15,17H,5,8-11,13-14H2,1-4H3/t17-/m1/s1. The van der Waals surface area contributed by atoms with Gasteiger partial charge in [0.05, 0.1) is 31.4 Å². The molecule has 154 valence electrons. The number of ether oxygens (including phenoxy) is 2. The van der Waals surface area contributed by atoms with Gasteiger partial charge in [-0.2, -0.15) is 0 Å². The number of hydrogen-bond acceptors (Lipinski definition) is 5. The summed E-state index contributed by atoms with van der Waals surface area (Å²) >= 11 is 0. The van der Waals surface area contributed by atoms with E-state index in [0.717, 1.165) is 11.4 Å². The predicted octanol–water partition coefficient (Wildman–Crippen LogP) is 2.00. The summed E-state index contributed by atoms with van der Waals surface area (Å²) in [7, 11) is 1.97. The molecule has 7 nitrogen and oxygen atoms in total. The minimum atomic E-state index is -0.0541. The van der Waals surface area contributed by atoms with E-state index in [-0.39, 0.29) is 23.9 Å². The number of likely N-dealkylation sites (N-methyl/N-ethyl adjacent to an activating group) is 1. The van der Waals surface area contributed by atoms with Gasteiger partial charge in [0.15, 0.2) is 0 Å². The molecule has 0 aromatic heterocycles. The summed E-state index contributed by atoms with van der Waals surface area (Å²) in [6, 6.07) is 5.67. The van der Waals surface area contributed by atoms with Crippen LogP contribution in [0.5, 0.6) is 5.75 Å². The van der Waals surface area contributed by atoms with Gasteiger partial charge in [-0.15, -0.1) is 0 Å². The molecule has 2 amide bonds. The molecule has 1 saturated heterocycles. The quantitative estimate of drug-likeness (QED) is 0.771. The van der Waals surface area contributed by atoms with Gasteiger partial charge in [-0.3, -0.25) is 9.59 Å². The van der Waals surface area contributed by atoms with Crippen LogP contribution in [-0.2, 0) is 9.53 Å². The molecule has 7 heteroatoms. The van der Waals surface area contributed by atoms with Crippen LogP contribution in [0.1, 0.15) is 37.6 Å². The zero-order valence-corrected chi connectivity index (χ0v) is 17.3. The summed E-state index contributed by atoms with van der Waals surface area (Å²) in [5, 5.41) is 0. The van der Waals surface area contributed by atoms with Crippen molar-refractivity contribution in [1.82, 2.24) is 9.80 Å². The van der Waals surface area contributed by atoms with E-state index in [0.29, 0.717) is 51.4 Å². The average molecular weight is 389 g/mol. The van der Waals surface area contributed by atoms with Crippen LogP contribution in [0.3, 0.4) is 0 Å². The molecule has 1 atom stereocenters. The van der Waals surface area contributed by atoms with Crippen molar-refractivity contribution in [3.05, 3.63) is 23.8 Å². The largest absolute Gasteiger partial charge is 0.489 e. The highest BCUT2D eigenvalue weighted by Crippen LogP contribution is 2.35. The van der Waals surface area contributed by atoms with Crippen molar-refractivity contribution in [2.75, 3.05) is 51.4 Å². The summed E-state index contributed by atoms with van der Waals surface area (Å²) in [6.07, 6.45) is 0.392. The molecule has 1 aromatic carbocycles. The molecule has 0 bridgehead atoms. The molecule has 0 aliphatic carbocycles. The molecule has 0 N–H and O–H groups in total. The summed E-state index contributed by atoms with van der Waals surface area (Å²) in [4.78, 5) is 31.3. The molecule has 0 spiro atoms. The molecule has 0 saturated carbocycles. The molecule has 2 aliphatic heterocycles. The fourth-order valence-electron chi connectivity index (χ4n) is 3.84. The molecule has 0 unspecified atom stereocenters. The second-order valence-electron chi connectivity index (χ2n) is 7.64. The number of carbonyl (C=O) groups is 2. The first-order valence-electron chi connectivity index (χ1n) is 10.1. The lowest BCUT2D eigenvalue weighted by molar-refractivity contribution is -0.133. The Labute approximate surface area is 167 Å². The first-order chi connectivity index (χ1) is 13.4. The summed E-state index contributed by atoms with van der Waals surface area (Å²) < 4.78 is 11.2. The number of amides is 2. The van der Waals surface area contributed by atoms with E-state index < -0.39 is 0 Å². The first kappa shape index (κ1) is 20.5. The maximum Gasteiger partial charge on any atom is 0.254 e. The van der Waals surface area contributed by atoms with Gasteiger partial charge in [0.1, 0.15) is 12.4 Å². The zero-order valence-electron chi connectivity index (χ0n) is 17.3. The van der Waals surface area contributed by atoms with Crippen LogP contribution in [0.4, 0.5) is 5.69 Å². The smallest absolute Gasteiger partial charge is 0.254 e. The predicted molar refractivity (Wildman–Crippen MR) is 108 cm³/mol. The monoisotopic (exact) mass is 389 g/mol. The lowest BCUT2D eigenvalue weighted by Crippen LogP contribution is -2.46. The highest BCUT2D eigenvalue weighted by molar-refractivity contribution is 5.96. The fourth-order valence-corrected chi connectivity index (χ4v) is 3.84. The Morgan fingerprint density at radius 3 is 2.61 bits per heavy atom. The van der Waals surface area contributed by atoms with E-state index in [2.05, 4.69) is 4.90 Å². The number of nitrogens with zero attached hydrogens (tertiary/aromatic N) is 3. The van der Waals surface area contributed by atoms with Crippen LogP contribution in [0, 0.1) is 0 Å². The van der Waals surface area contributed by atoms with Crippen LogP contribution in [0.25, 0.3) is 0 Å². The number of fused-ring (bicyclic) bond motifs is 1. The normalized spacial score (nSPS) is 19.2. The maximum absolute atomic E-state index is 12.8. The van der Waals surface area contributed by atoms with Crippen molar-refractivity contribution < 1.29 is 19.1 Å². The third-order valence-corrected chi connectivity index (χ3v) is 5.56. The molecule has 2 heterocycles. The minimum Gasteiger partial charge on any atom is -0.489 e. The molecule has 1 fully saturated rings. The molecular weight excluding hydrogens is 358 g/mol. The number of hydrogen-bond donors (Lipinski definition) is 0. The number of rotatable bonds is 5.